The first kappa shape index (κ1) is 13.9. The molecule has 3 rings (SSSR count). The molecule has 1 heterocycles. The third-order valence-corrected chi connectivity index (χ3v) is 4.21. The van der Waals surface area contributed by atoms with Gasteiger partial charge in [0.25, 0.3) is 0 Å². The average molecular weight is 293 g/mol. The zero-order valence-corrected chi connectivity index (χ0v) is 11.8. The van der Waals surface area contributed by atoms with Crippen LogP contribution in [0.25, 0.3) is 11.4 Å². The molecule has 5 nitrogen and oxygen atoms in total. The Morgan fingerprint density at radius 3 is 2.67 bits per heavy atom. The lowest BCUT2D eigenvalue weighted by molar-refractivity contribution is 0.239. The molecule has 0 bridgehead atoms. The van der Waals surface area contributed by atoms with E-state index in [1.807, 2.05) is 0 Å². The van der Waals surface area contributed by atoms with Crippen LogP contribution in [-0.2, 0) is 0 Å². The molecule has 7 heteroatoms. The number of nitrogen functional groups attached to an aromatic ring is 1. The summed E-state index contributed by atoms with van der Waals surface area (Å²) in [6.07, 6.45) is 4.39. The van der Waals surface area contributed by atoms with Crippen molar-refractivity contribution in [2.45, 2.75) is 38.6 Å². The summed E-state index contributed by atoms with van der Waals surface area (Å²) < 4.78 is 28.4. The lowest BCUT2D eigenvalue weighted by atomic mass is 9.86. The van der Waals surface area contributed by atoms with Crippen molar-refractivity contribution in [3.63, 3.8) is 0 Å². The summed E-state index contributed by atoms with van der Waals surface area (Å²) in [6, 6.07) is 2.19. The van der Waals surface area contributed by atoms with Gasteiger partial charge in [-0.1, -0.05) is 19.8 Å². The molecule has 0 saturated heterocycles. The van der Waals surface area contributed by atoms with Crippen molar-refractivity contribution in [3.8, 4) is 11.4 Å². The van der Waals surface area contributed by atoms with E-state index in [0.717, 1.165) is 31.4 Å². The van der Waals surface area contributed by atoms with Crippen molar-refractivity contribution >= 4 is 5.69 Å². The fourth-order valence-electron chi connectivity index (χ4n) is 3.01. The standard InChI is InChI=1S/C14H17F2N5/c1-8-4-2-3-5-13(8)21-14(18-19-20-21)9-6-10(15)11(16)7-12(9)17/h6-8,13H,2-5,17H2,1H3. The van der Waals surface area contributed by atoms with E-state index in [1.54, 1.807) is 4.68 Å². The van der Waals surface area contributed by atoms with Crippen molar-refractivity contribution in [1.82, 2.24) is 20.2 Å². The van der Waals surface area contributed by atoms with Crippen LogP contribution in [0, 0.1) is 17.6 Å². The molecule has 0 spiro atoms. The molecule has 2 atom stereocenters. The van der Waals surface area contributed by atoms with Gasteiger partial charge >= 0.3 is 0 Å². The second-order valence-electron chi connectivity index (χ2n) is 5.63. The molecular formula is C14H17F2N5. The molecule has 1 aliphatic carbocycles. The first-order valence-corrected chi connectivity index (χ1v) is 7.10. The van der Waals surface area contributed by atoms with Gasteiger partial charge in [-0.05, 0) is 35.3 Å². The highest BCUT2D eigenvalue weighted by atomic mass is 19.2. The molecule has 112 valence electrons. The Bertz CT molecular complexity index is 655. The van der Waals surface area contributed by atoms with Gasteiger partial charge in [0.05, 0.1) is 6.04 Å². The number of benzene rings is 1. The van der Waals surface area contributed by atoms with Crippen LogP contribution in [0.15, 0.2) is 12.1 Å². The smallest absolute Gasteiger partial charge is 0.184 e. The quantitative estimate of drug-likeness (QED) is 0.864. The van der Waals surface area contributed by atoms with E-state index in [4.69, 9.17) is 5.73 Å². The van der Waals surface area contributed by atoms with Gasteiger partial charge in [0.15, 0.2) is 17.5 Å². The van der Waals surface area contributed by atoms with Crippen LogP contribution in [-0.4, -0.2) is 20.2 Å². The van der Waals surface area contributed by atoms with Gasteiger partial charge in [0, 0.05) is 17.3 Å². The van der Waals surface area contributed by atoms with Crippen LogP contribution in [0.4, 0.5) is 14.5 Å². The van der Waals surface area contributed by atoms with Crippen molar-refractivity contribution < 1.29 is 8.78 Å². The highest BCUT2D eigenvalue weighted by Gasteiger charge is 2.27. The van der Waals surface area contributed by atoms with Crippen LogP contribution in [0.3, 0.4) is 0 Å². The van der Waals surface area contributed by atoms with Crippen LogP contribution >= 0.6 is 0 Å². The maximum absolute atomic E-state index is 13.5. The summed E-state index contributed by atoms with van der Waals surface area (Å²) >= 11 is 0. The first-order chi connectivity index (χ1) is 10.1. The minimum absolute atomic E-state index is 0.133. The second kappa shape index (κ2) is 5.38. The van der Waals surface area contributed by atoms with E-state index >= 15 is 0 Å². The van der Waals surface area contributed by atoms with Crippen molar-refractivity contribution in [2.75, 3.05) is 5.73 Å². The molecule has 0 amide bonds. The largest absolute Gasteiger partial charge is 0.398 e. The zero-order chi connectivity index (χ0) is 15.0. The fraction of sp³-hybridized carbons (Fsp3) is 0.500. The summed E-state index contributed by atoms with van der Waals surface area (Å²) in [4.78, 5) is 0. The Hall–Kier alpha value is -2.05. The van der Waals surface area contributed by atoms with E-state index in [1.165, 1.54) is 6.42 Å². The number of rotatable bonds is 2. The van der Waals surface area contributed by atoms with Crippen molar-refractivity contribution in [2.24, 2.45) is 5.92 Å². The summed E-state index contributed by atoms with van der Waals surface area (Å²) in [5.41, 5.74) is 6.26. The lowest BCUT2D eigenvalue weighted by Crippen LogP contribution is -2.23. The third kappa shape index (κ3) is 2.48. The van der Waals surface area contributed by atoms with Gasteiger partial charge in [0.2, 0.25) is 0 Å². The van der Waals surface area contributed by atoms with Crippen molar-refractivity contribution in [3.05, 3.63) is 23.8 Å². The number of anilines is 1. The topological polar surface area (TPSA) is 69.6 Å². The second-order valence-corrected chi connectivity index (χ2v) is 5.63. The van der Waals surface area contributed by atoms with Gasteiger partial charge in [-0.25, -0.2) is 13.5 Å². The SMILES string of the molecule is CC1CCCCC1n1nnnc1-c1cc(F)c(F)cc1N. The van der Waals surface area contributed by atoms with Gasteiger partial charge < -0.3 is 5.73 Å². The Labute approximate surface area is 121 Å². The third-order valence-electron chi connectivity index (χ3n) is 4.21. The maximum Gasteiger partial charge on any atom is 0.184 e. The molecule has 1 saturated carbocycles. The molecule has 2 N–H and O–H groups in total. The van der Waals surface area contributed by atoms with Gasteiger partial charge in [-0.15, -0.1) is 5.10 Å². The Morgan fingerprint density at radius 2 is 1.90 bits per heavy atom. The fourth-order valence-corrected chi connectivity index (χ4v) is 3.01. The predicted molar refractivity (Wildman–Crippen MR) is 74.3 cm³/mol. The highest BCUT2D eigenvalue weighted by molar-refractivity contribution is 5.71. The molecule has 1 aromatic carbocycles. The summed E-state index contributed by atoms with van der Waals surface area (Å²) in [7, 11) is 0. The first-order valence-electron chi connectivity index (χ1n) is 7.10. The molecule has 1 aliphatic rings. The highest BCUT2D eigenvalue weighted by Crippen LogP contribution is 2.36. The number of aromatic nitrogens is 4. The predicted octanol–water partition coefficient (Wildman–Crippen LogP) is 2.95. The van der Waals surface area contributed by atoms with Gasteiger partial charge in [-0.2, -0.15) is 0 Å². The average Bonchev–Trinajstić information content (AvgIpc) is 2.92. The number of halogens is 2. The molecule has 1 fully saturated rings. The molecule has 1 aromatic heterocycles. The van der Waals surface area contributed by atoms with E-state index in [9.17, 15) is 8.78 Å². The van der Waals surface area contributed by atoms with E-state index in [-0.39, 0.29) is 11.7 Å². The minimum Gasteiger partial charge on any atom is -0.398 e. The number of nitrogens with zero attached hydrogens (tertiary/aromatic N) is 4. The summed E-state index contributed by atoms with van der Waals surface area (Å²) in [5, 5.41) is 11.7. The van der Waals surface area contributed by atoms with Crippen LogP contribution < -0.4 is 5.73 Å². The summed E-state index contributed by atoms with van der Waals surface area (Å²) in [5.74, 6) is -1.09. The van der Waals surface area contributed by atoms with Gasteiger partial charge in [0.1, 0.15) is 0 Å². The Morgan fingerprint density at radius 1 is 1.19 bits per heavy atom. The van der Waals surface area contributed by atoms with Crippen LogP contribution in [0.5, 0.6) is 0 Å². The molecule has 0 radical (unpaired) electrons. The van der Waals surface area contributed by atoms with Gasteiger partial charge in [-0.3, -0.25) is 0 Å². The monoisotopic (exact) mass is 293 g/mol. The van der Waals surface area contributed by atoms with E-state index < -0.39 is 11.6 Å². The summed E-state index contributed by atoms with van der Waals surface area (Å²) in [6.45, 7) is 2.16. The molecule has 21 heavy (non-hydrogen) atoms. The minimum atomic E-state index is -0.971. The normalized spacial score (nSPS) is 22.4. The Kier molecular flexibility index (Phi) is 3.57. The van der Waals surface area contributed by atoms with E-state index in [0.29, 0.717) is 17.3 Å². The molecule has 2 aromatic rings. The number of nitrogens with two attached hydrogens (primary N) is 1. The van der Waals surface area contributed by atoms with Crippen LogP contribution in [0.2, 0.25) is 0 Å². The number of tetrazole rings is 1. The number of hydrogen-bond donors (Lipinski definition) is 1. The lowest BCUT2D eigenvalue weighted by Gasteiger charge is -2.29. The van der Waals surface area contributed by atoms with E-state index in [2.05, 4.69) is 22.4 Å². The molecule has 2 unspecified atom stereocenters. The number of hydrogen-bond acceptors (Lipinski definition) is 4. The maximum atomic E-state index is 13.5. The Balaban J connectivity index is 2.05. The molecule has 0 aliphatic heterocycles. The zero-order valence-electron chi connectivity index (χ0n) is 11.8. The van der Waals surface area contributed by atoms with Crippen LogP contribution in [0.1, 0.15) is 38.6 Å². The molecular weight excluding hydrogens is 276 g/mol. The van der Waals surface area contributed by atoms with Crippen molar-refractivity contribution in [1.29, 1.82) is 0 Å².